The summed E-state index contributed by atoms with van der Waals surface area (Å²) in [6.45, 7) is 2.53. The van der Waals surface area contributed by atoms with Gasteiger partial charge in [0.25, 0.3) is 0 Å². The van der Waals surface area contributed by atoms with E-state index >= 15 is 0 Å². The maximum Gasteiger partial charge on any atom is 0.127 e. The van der Waals surface area contributed by atoms with E-state index in [9.17, 15) is 4.79 Å². The Morgan fingerprint density at radius 2 is 1.38 bits per heavy atom. The summed E-state index contributed by atoms with van der Waals surface area (Å²) in [6, 6.07) is 0. The van der Waals surface area contributed by atoms with Crippen LogP contribution in [0.15, 0.2) is 11.1 Å². The average molecular weight is 337 g/mol. The number of allylic oxidation sites excluding steroid dienone is 2. The van der Waals surface area contributed by atoms with E-state index in [1.165, 1.54) is 95.5 Å². The minimum atomic E-state index is 0.220. The predicted molar refractivity (Wildman–Crippen MR) is 103 cm³/mol. The highest BCUT2D eigenvalue weighted by Gasteiger charge is 2.18. The van der Waals surface area contributed by atoms with Crippen LogP contribution in [0.3, 0.4) is 0 Å². The van der Waals surface area contributed by atoms with Gasteiger partial charge >= 0.3 is 0 Å². The molecule has 1 N–H and O–H groups in total. The molecule has 0 radical (unpaired) electrons. The number of carbonyl (C=O) groups is 1. The van der Waals surface area contributed by atoms with Crippen LogP contribution in [0.25, 0.3) is 0 Å². The standard InChI is InChI=1S/C22H40O2/c1-20-21(16-14-17-22(20)19-24)15-12-10-8-6-4-2-3-5-7-9-11-13-18-23/h19,22-23H,2-18H2,1H3. The van der Waals surface area contributed by atoms with E-state index in [1.807, 2.05) is 0 Å². The Labute approximate surface area is 150 Å². The summed E-state index contributed by atoms with van der Waals surface area (Å²) in [4.78, 5) is 11.1. The second-order valence-electron chi connectivity index (χ2n) is 7.64. The lowest BCUT2D eigenvalue weighted by molar-refractivity contribution is -0.110. The second-order valence-corrected chi connectivity index (χ2v) is 7.64. The van der Waals surface area contributed by atoms with Gasteiger partial charge in [0.2, 0.25) is 0 Å². The number of unbranched alkanes of at least 4 members (excludes halogenated alkanes) is 11. The van der Waals surface area contributed by atoms with Gasteiger partial charge in [-0.25, -0.2) is 0 Å². The molecule has 0 saturated heterocycles. The van der Waals surface area contributed by atoms with E-state index in [1.54, 1.807) is 5.57 Å². The third-order valence-electron chi connectivity index (χ3n) is 5.66. The van der Waals surface area contributed by atoms with Gasteiger partial charge in [-0.3, -0.25) is 0 Å². The third kappa shape index (κ3) is 9.61. The first-order chi connectivity index (χ1) is 11.8. The van der Waals surface area contributed by atoms with Crippen molar-refractivity contribution in [2.24, 2.45) is 5.92 Å². The van der Waals surface area contributed by atoms with Crippen molar-refractivity contribution in [3.8, 4) is 0 Å². The average Bonchev–Trinajstić information content (AvgIpc) is 2.60. The summed E-state index contributed by atoms with van der Waals surface area (Å²) in [7, 11) is 0. The molecule has 0 aliphatic heterocycles. The summed E-state index contributed by atoms with van der Waals surface area (Å²) >= 11 is 0. The molecule has 2 nitrogen and oxygen atoms in total. The lowest BCUT2D eigenvalue weighted by Crippen LogP contribution is -2.11. The van der Waals surface area contributed by atoms with Crippen LogP contribution in [0.2, 0.25) is 0 Å². The quantitative estimate of drug-likeness (QED) is 0.214. The lowest BCUT2D eigenvalue weighted by atomic mass is 9.82. The minimum Gasteiger partial charge on any atom is -0.396 e. The first-order valence-corrected chi connectivity index (χ1v) is 10.5. The van der Waals surface area contributed by atoms with Gasteiger partial charge in [0, 0.05) is 12.5 Å². The van der Waals surface area contributed by atoms with Crippen LogP contribution in [-0.4, -0.2) is 18.0 Å². The molecule has 1 rings (SSSR count). The first-order valence-electron chi connectivity index (χ1n) is 10.5. The Bertz CT molecular complexity index is 346. The van der Waals surface area contributed by atoms with Gasteiger partial charge in [-0.2, -0.15) is 0 Å². The fourth-order valence-electron chi connectivity index (χ4n) is 3.92. The SMILES string of the molecule is CC1=C(CCCCCCCCCCCCCCO)CCCC1C=O. The van der Waals surface area contributed by atoms with E-state index in [0.29, 0.717) is 6.61 Å². The smallest absolute Gasteiger partial charge is 0.127 e. The summed E-state index contributed by atoms with van der Waals surface area (Å²) < 4.78 is 0. The summed E-state index contributed by atoms with van der Waals surface area (Å²) in [5.41, 5.74) is 2.97. The third-order valence-corrected chi connectivity index (χ3v) is 5.66. The molecule has 0 spiro atoms. The van der Waals surface area contributed by atoms with E-state index in [-0.39, 0.29) is 5.92 Å². The highest BCUT2D eigenvalue weighted by atomic mass is 16.2. The molecule has 0 bridgehead atoms. The maximum absolute atomic E-state index is 11.1. The van der Waals surface area contributed by atoms with E-state index in [2.05, 4.69) is 6.92 Å². The fourth-order valence-corrected chi connectivity index (χ4v) is 3.92. The van der Waals surface area contributed by atoms with Crippen molar-refractivity contribution in [2.45, 2.75) is 110 Å². The Balaban J connectivity index is 1.89. The number of hydrogen-bond donors (Lipinski definition) is 1. The zero-order valence-corrected chi connectivity index (χ0v) is 16.0. The normalized spacial score (nSPS) is 18.2. The zero-order valence-electron chi connectivity index (χ0n) is 16.0. The lowest BCUT2D eigenvalue weighted by Gasteiger charge is -2.22. The van der Waals surface area contributed by atoms with Crippen LogP contribution in [-0.2, 0) is 4.79 Å². The highest BCUT2D eigenvalue weighted by Crippen LogP contribution is 2.31. The van der Waals surface area contributed by atoms with Crippen LogP contribution in [0.1, 0.15) is 110 Å². The van der Waals surface area contributed by atoms with Gasteiger partial charge in [0.1, 0.15) is 6.29 Å². The van der Waals surface area contributed by atoms with Gasteiger partial charge in [-0.1, -0.05) is 75.4 Å². The molecule has 0 saturated carbocycles. The largest absolute Gasteiger partial charge is 0.396 e. The number of carbonyl (C=O) groups excluding carboxylic acids is 1. The second kappa shape index (κ2) is 14.7. The maximum atomic E-state index is 11.1. The Kier molecular flexibility index (Phi) is 13.1. The van der Waals surface area contributed by atoms with E-state index < -0.39 is 0 Å². The van der Waals surface area contributed by atoms with Crippen LogP contribution in [0.5, 0.6) is 0 Å². The van der Waals surface area contributed by atoms with Crippen LogP contribution < -0.4 is 0 Å². The van der Waals surface area contributed by atoms with Crippen molar-refractivity contribution < 1.29 is 9.90 Å². The predicted octanol–water partition coefficient (Wildman–Crippen LogP) is 6.37. The van der Waals surface area contributed by atoms with Crippen molar-refractivity contribution in [3.05, 3.63) is 11.1 Å². The molecule has 0 fully saturated rings. The molecule has 1 atom stereocenters. The molecular formula is C22H40O2. The van der Waals surface area contributed by atoms with Gasteiger partial charge < -0.3 is 9.90 Å². The molecule has 0 heterocycles. The Morgan fingerprint density at radius 3 is 1.88 bits per heavy atom. The van der Waals surface area contributed by atoms with Crippen molar-refractivity contribution in [1.82, 2.24) is 0 Å². The van der Waals surface area contributed by atoms with Gasteiger partial charge in [0.15, 0.2) is 0 Å². The zero-order chi connectivity index (χ0) is 17.5. The van der Waals surface area contributed by atoms with Crippen molar-refractivity contribution in [1.29, 1.82) is 0 Å². The van der Waals surface area contributed by atoms with E-state index in [4.69, 9.17) is 5.11 Å². The monoisotopic (exact) mass is 336 g/mol. The molecule has 24 heavy (non-hydrogen) atoms. The molecule has 1 aliphatic rings. The first kappa shape index (κ1) is 21.4. The van der Waals surface area contributed by atoms with Gasteiger partial charge in [-0.05, 0) is 45.4 Å². The molecule has 0 aromatic heterocycles. The van der Waals surface area contributed by atoms with Crippen LogP contribution in [0, 0.1) is 5.92 Å². The Morgan fingerprint density at radius 1 is 0.875 bits per heavy atom. The number of hydrogen-bond acceptors (Lipinski definition) is 2. The molecule has 1 unspecified atom stereocenters. The topological polar surface area (TPSA) is 37.3 Å². The molecule has 1 aliphatic carbocycles. The van der Waals surface area contributed by atoms with Gasteiger partial charge in [-0.15, -0.1) is 0 Å². The Hall–Kier alpha value is -0.630. The van der Waals surface area contributed by atoms with Crippen molar-refractivity contribution >= 4 is 6.29 Å². The number of aliphatic hydroxyl groups excluding tert-OH is 1. The van der Waals surface area contributed by atoms with Crippen molar-refractivity contribution in [3.63, 3.8) is 0 Å². The van der Waals surface area contributed by atoms with Crippen LogP contribution in [0.4, 0.5) is 0 Å². The summed E-state index contributed by atoms with van der Waals surface area (Å²) in [5.74, 6) is 0.220. The molecule has 0 aromatic rings. The number of aliphatic hydroxyl groups is 1. The minimum absolute atomic E-state index is 0.220. The number of rotatable bonds is 15. The molecular weight excluding hydrogens is 296 g/mol. The summed E-state index contributed by atoms with van der Waals surface area (Å²) in [5, 5.41) is 8.72. The molecule has 140 valence electrons. The highest BCUT2D eigenvalue weighted by molar-refractivity contribution is 5.59. The van der Waals surface area contributed by atoms with Crippen molar-refractivity contribution in [2.75, 3.05) is 6.61 Å². The molecule has 0 amide bonds. The molecule has 2 heteroatoms. The fraction of sp³-hybridized carbons (Fsp3) is 0.864. The summed E-state index contributed by atoms with van der Waals surface area (Å²) in [6.07, 6.45) is 21.7. The molecule has 0 aromatic carbocycles. The van der Waals surface area contributed by atoms with Gasteiger partial charge in [0.05, 0.1) is 0 Å². The van der Waals surface area contributed by atoms with Crippen LogP contribution >= 0.6 is 0 Å². The number of aldehydes is 1. The van der Waals surface area contributed by atoms with E-state index in [0.717, 1.165) is 19.1 Å².